The van der Waals surface area contributed by atoms with Gasteiger partial charge < -0.3 is 9.64 Å². The van der Waals surface area contributed by atoms with E-state index in [1.165, 1.54) is 0 Å². The number of hydrogen-bond donors (Lipinski definition) is 0. The molecular weight excluding hydrogens is 214 g/mol. The zero-order chi connectivity index (χ0) is 13.0. The number of nitrogens with zero attached hydrogens (tertiary/aromatic N) is 1. The second kappa shape index (κ2) is 5.53. The molecule has 0 unspecified atom stereocenters. The van der Waals surface area contributed by atoms with Crippen molar-refractivity contribution in [1.29, 1.82) is 0 Å². The molecule has 3 heteroatoms. The molecule has 92 valence electrons. The Hall–Kier alpha value is -1.77. The van der Waals surface area contributed by atoms with Gasteiger partial charge in [0.15, 0.2) is 0 Å². The lowest BCUT2D eigenvalue weighted by Crippen LogP contribution is -2.13. The predicted octanol–water partition coefficient (Wildman–Crippen LogP) is 2.93. The lowest BCUT2D eigenvalue weighted by Gasteiger charge is -2.17. The van der Waals surface area contributed by atoms with E-state index in [-0.39, 0.29) is 5.97 Å². The summed E-state index contributed by atoms with van der Waals surface area (Å²) in [5.74, 6) is 0.238. The first kappa shape index (κ1) is 13.3. The number of esters is 1. The van der Waals surface area contributed by atoms with Gasteiger partial charge in [0.25, 0.3) is 0 Å². The van der Waals surface area contributed by atoms with Gasteiger partial charge >= 0.3 is 5.97 Å². The molecule has 0 saturated carbocycles. The fourth-order valence-electron chi connectivity index (χ4n) is 1.51. The molecule has 1 aromatic carbocycles. The minimum absolute atomic E-state index is 0.355. The van der Waals surface area contributed by atoms with Gasteiger partial charge in [0.2, 0.25) is 0 Å². The van der Waals surface area contributed by atoms with Crippen LogP contribution in [0.15, 0.2) is 30.4 Å². The maximum absolute atomic E-state index is 11.6. The number of carbonyl (C=O) groups excluding carboxylic acids is 1. The van der Waals surface area contributed by atoms with Gasteiger partial charge in [-0.2, -0.15) is 0 Å². The van der Waals surface area contributed by atoms with Crippen LogP contribution in [0.5, 0.6) is 5.75 Å². The maximum Gasteiger partial charge on any atom is 0.338 e. The minimum atomic E-state index is -0.355. The minimum Gasteiger partial charge on any atom is -0.423 e. The zero-order valence-electron chi connectivity index (χ0n) is 10.9. The summed E-state index contributed by atoms with van der Waals surface area (Å²) in [5, 5.41) is 0. The van der Waals surface area contributed by atoms with Crippen LogP contribution in [0, 0.1) is 6.92 Å². The lowest BCUT2D eigenvalue weighted by molar-refractivity contribution is -0.130. The highest BCUT2D eigenvalue weighted by molar-refractivity contribution is 5.89. The smallest absolute Gasteiger partial charge is 0.338 e. The first-order chi connectivity index (χ1) is 7.97. The third-order valence-corrected chi connectivity index (χ3v) is 2.66. The quantitative estimate of drug-likeness (QED) is 0.455. The van der Waals surface area contributed by atoms with Crippen LogP contribution in [0.25, 0.3) is 0 Å². The third kappa shape index (κ3) is 3.09. The summed E-state index contributed by atoms with van der Waals surface area (Å²) < 4.78 is 5.32. The molecular formula is C14H19NO2. The van der Waals surface area contributed by atoms with E-state index in [1.807, 2.05) is 45.0 Å². The monoisotopic (exact) mass is 233 g/mol. The van der Waals surface area contributed by atoms with E-state index >= 15 is 0 Å². The largest absolute Gasteiger partial charge is 0.423 e. The Morgan fingerprint density at radius 3 is 2.59 bits per heavy atom. The summed E-state index contributed by atoms with van der Waals surface area (Å²) in [6.45, 7) is 7.49. The average molecular weight is 233 g/mol. The molecule has 3 nitrogen and oxygen atoms in total. The van der Waals surface area contributed by atoms with E-state index in [0.29, 0.717) is 17.7 Å². The number of ether oxygens (including phenoxy) is 1. The van der Waals surface area contributed by atoms with Gasteiger partial charge in [0, 0.05) is 30.9 Å². The van der Waals surface area contributed by atoms with Gasteiger partial charge in [-0.3, -0.25) is 0 Å². The Morgan fingerprint density at radius 2 is 2.06 bits per heavy atom. The standard InChI is InChI=1S/C14H19NO2/c1-6-10(2)14(16)17-13-9-7-8-12(11(13)3)15(4)5/h7-9H,2,6H2,1,3-5H3. The molecule has 0 atom stereocenters. The molecule has 0 radical (unpaired) electrons. The van der Waals surface area contributed by atoms with E-state index in [2.05, 4.69) is 6.58 Å². The number of benzene rings is 1. The third-order valence-electron chi connectivity index (χ3n) is 2.66. The van der Waals surface area contributed by atoms with Crippen molar-refractivity contribution in [3.05, 3.63) is 35.9 Å². The Labute approximate surface area is 103 Å². The van der Waals surface area contributed by atoms with Crippen molar-refractivity contribution in [2.45, 2.75) is 20.3 Å². The van der Waals surface area contributed by atoms with Crippen molar-refractivity contribution < 1.29 is 9.53 Å². The normalized spacial score (nSPS) is 9.88. The van der Waals surface area contributed by atoms with Crippen molar-refractivity contribution in [2.75, 3.05) is 19.0 Å². The summed E-state index contributed by atoms with van der Waals surface area (Å²) in [6.07, 6.45) is 0.602. The Morgan fingerprint density at radius 1 is 1.41 bits per heavy atom. The van der Waals surface area contributed by atoms with Crippen LogP contribution in [-0.2, 0) is 4.79 Å². The average Bonchev–Trinajstić information content (AvgIpc) is 2.30. The Kier molecular flexibility index (Phi) is 4.32. The molecule has 0 heterocycles. The second-order valence-electron chi connectivity index (χ2n) is 4.14. The van der Waals surface area contributed by atoms with E-state index in [4.69, 9.17) is 4.74 Å². The van der Waals surface area contributed by atoms with Crippen LogP contribution < -0.4 is 9.64 Å². The number of hydrogen-bond acceptors (Lipinski definition) is 3. The summed E-state index contributed by atoms with van der Waals surface area (Å²) in [7, 11) is 3.91. The molecule has 0 aromatic heterocycles. The van der Waals surface area contributed by atoms with Gasteiger partial charge in [0.05, 0.1) is 0 Å². The van der Waals surface area contributed by atoms with Crippen molar-refractivity contribution in [3.8, 4) is 5.75 Å². The van der Waals surface area contributed by atoms with E-state index in [9.17, 15) is 4.79 Å². The van der Waals surface area contributed by atoms with Gasteiger partial charge in [-0.1, -0.05) is 19.6 Å². The molecule has 0 spiro atoms. The molecule has 0 aliphatic carbocycles. The van der Waals surface area contributed by atoms with Crippen LogP contribution in [0.1, 0.15) is 18.9 Å². The fourth-order valence-corrected chi connectivity index (χ4v) is 1.51. The second-order valence-corrected chi connectivity index (χ2v) is 4.14. The van der Waals surface area contributed by atoms with Crippen molar-refractivity contribution in [2.24, 2.45) is 0 Å². The van der Waals surface area contributed by atoms with E-state index in [1.54, 1.807) is 6.07 Å². The first-order valence-electron chi connectivity index (χ1n) is 5.64. The van der Waals surface area contributed by atoms with E-state index < -0.39 is 0 Å². The highest BCUT2D eigenvalue weighted by atomic mass is 16.5. The SMILES string of the molecule is C=C(CC)C(=O)Oc1cccc(N(C)C)c1C. The topological polar surface area (TPSA) is 29.5 Å². The summed E-state index contributed by atoms with van der Waals surface area (Å²) in [6, 6.07) is 5.66. The van der Waals surface area contributed by atoms with Crippen molar-refractivity contribution >= 4 is 11.7 Å². The van der Waals surface area contributed by atoms with Crippen molar-refractivity contribution in [3.63, 3.8) is 0 Å². The first-order valence-corrected chi connectivity index (χ1v) is 5.64. The molecule has 0 bridgehead atoms. The number of anilines is 1. The predicted molar refractivity (Wildman–Crippen MR) is 70.6 cm³/mol. The van der Waals surface area contributed by atoms with Crippen LogP contribution in [-0.4, -0.2) is 20.1 Å². The molecule has 1 rings (SSSR count). The molecule has 0 aliphatic rings. The summed E-state index contributed by atoms with van der Waals surface area (Å²) in [4.78, 5) is 13.6. The molecule has 0 amide bonds. The van der Waals surface area contributed by atoms with Gasteiger partial charge in [-0.15, -0.1) is 0 Å². The van der Waals surface area contributed by atoms with Gasteiger partial charge in [-0.05, 0) is 25.5 Å². The molecule has 0 saturated heterocycles. The molecule has 0 N–H and O–H groups in total. The van der Waals surface area contributed by atoms with Gasteiger partial charge in [0.1, 0.15) is 5.75 Å². The fraction of sp³-hybridized carbons (Fsp3) is 0.357. The number of carbonyl (C=O) groups is 1. The lowest BCUT2D eigenvalue weighted by atomic mass is 10.1. The van der Waals surface area contributed by atoms with Crippen LogP contribution in [0.4, 0.5) is 5.69 Å². The van der Waals surface area contributed by atoms with Crippen LogP contribution in [0.2, 0.25) is 0 Å². The molecule has 0 aliphatic heterocycles. The maximum atomic E-state index is 11.6. The van der Waals surface area contributed by atoms with Crippen molar-refractivity contribution in [1.82, 2.24) is 0 Å². The highest BCUT2D eigenvalue weighted by Crippen LogP contribution is 2.27. The Balaban J connectivity index is 2.96. The molecule has 17 heavy (non-hydrogen) atoms. The van der Waals surface area contributed by atoms with E-state index in [0.717, 1.165) is 11.3 Å². The van der Waals surface area contributed by atoms with Gasteiger partial charge in [-0.25, -0.2) is 4.79 Å². The van der Waals surface area contributed by atoms with Crippen LogP contribution >= 0.6 is 0 Å². The van der Waals surface area contributed by atoms with Crippen LogP contribution in [0.3, 0.4) is 0 Å². The number of rotatable bonds is 4. The zero-order valence-corrected chi connectivity index (χ0v) is 10.9. The molecule has 1 aromatic rings. The highest BCUT2D eigenvalue weighted by Gasteiger charge is 2.12. The summed E-state index contributed by atoms with van der Waals surface area (Å²) >= 11 is 0. The summed E-state index contributed by atoms with van der Waals surface area (Å²) in [5.41, 5.74) is 2.48. The molecule has 0 fully saturated rings. The Bertz CT molecular complexity index is 436.